The molecule has 1 aromatic carbocycles. The van der Waals surface area contributed by atoms with Gasteiger partial charge in [0.25, 0.3) is 5.91 Å². The maximum Gasteiger partial charge on any atom is 0.255 e. The first-order valence-electron chi connectivity index (χ1n) is 6.86. The van der Waals surface area contributed by atoms with Crippen LogP contribution in [-0.4, -0.2) is 41.6 Å². The highest BCUT2D eigenvalue weighted by molar-refractivity contribution is 6.33. The Morgan fingerprint density at radius 1 is 1.40 bits per heavy atom. The molecule has 0 radical (unpaired) electrons. The fourth-order valence-electron chi connectivity index (χ4n) is 3.13. The van der Waals surface area contributed by atoms with Crippen LogP contribution in [0.1, 0.15) is 23.2 Å². The van der Waals surface area contributed by atoms with Crippen LogP contribution in [0.5, 0.6) is 5.75 Å². The summed E-state index contributed by atoms with van der Waals surface area (Å²) in [6.45, 7) is 3.13. The van der Waals surface area contributed by atoms with Crippen molar-refractivity contribution in [3.05, 3.63) is 22.7 Å². The number of benzene rings is 1. The van der Waals surface area contributed by atoms with Gasteiger partial charge in [0.15, 0.2) is 0 Å². The van der Waals surface area contributed by atoms with Gasteiger partial charge in [-0.3, -0.25) is 4.79 Å². The smallest absolute Gasteiger partial charge is 0.255 e. The van der Waals surface area contributed by atoms with Crippen molar-refractivity contribution in [2.45, 2.75) is 18.9 Å². The molecular formula is C14H18ClN3O2. The van der Waals surface area contributed by atoms with Crippen molar-refractivity contribution in [3.63, 3.8) is 0 Å². The molecule has 20 heavy (non-hydrogen) atoms. The Morgan fingerprint density at radius 3 is 2.70 bits per heavy atom. The predicted octanol–water partition coefficient (Wildman–Crippen LogP) is 1.45. The Bertz CT molecular complexity index is 541. The number of fused-ring (bicyclic) bond motifs is 3. The van der Waals surface area contributed by atoms with Crippen molar-refractivity contribution in [2.75, 3.05) is 25.4 Å². The van der Waals surface area contributed by atoms with E-state index in [0.29, 0.717) is 5.92 Å². The van der Waals surface area contributed by atoms with E-state index in [9.17, 15) is 9.90 Å². The van der Waals surface area contributed by atoms with E-state index in [2.05, 4.69) is 10.2 Å². The van der Waals surface area contributed by atoms with Gasteiger partial charge >= 0.3 is 0 Å². The maximum absolute atomic E-state index is 12.3. The highest BCUT2D eigenvalue weighted by atomic mass is 35.5. The number of nitrogen functional groups attached to an aromatic ring is 1. The number of aromatic hydroxyl groups is 1. The maximum atomic E-state index is 12.3. The fraction of sp³-hybridized carbons (Fsp3) is 0.500. The molecule has 4 rings (SSSR count). The second-order valence-electron chi connectivity index (χ2n) is 5.61. The second-order valence-corrected chi connectivity index (χ2v) is 6.02. The minimum Gasteiger partial charge on any atom is -0.507 e. The number of hydrogen-bond acceptors (Lipinski definition) is 4. The number of hydrogen-bond donors (Lipinski definition) is 3. The highest BCUT2D eigenvalue weighted by Crippen LogP contribution is 2.30. The molecule has 1 aromatic rings. The quantitative estimate of drug-likeness (QED) is 0.722. The third-order valence-corrected chi connectivity index (χ3v) is 4.66. The van der Waals surface area contributed by atoms with Crippen molar-refractivity contribution in [1.29, 1.82) is 0 Å². The molecule has 1 amide bonds. The zero-order valence-electron chi connectivity index (χ0n) is 11.1. The summed E-state index contributed by atoms with van der Waals surface area (Å²) < 4.78 is 0. The number of halogens is 1. The summed E-state index contributed by atoms with van der Waals surface area (Å²) >= 11 is 5.91. The molecule has 3 aliphatic heterocycles. The van der Waals surface area contributed by atoms with Crippen LogP contribution in [0, 0.1) is 5.92 Å². The van der Waals surface area contributed by atoms with Gasteiger partial charge in [-0.1, -0.05) is 11.6 Å². The number of rotatable bonds is 2. The first-order chi connectivity index (χ1) is 9.54. The first kappa shape index (κ1) is 13.5. The van der Waals surface area contributed by atoms with Gasteiger partial charge in [0.2, 0.25) is 0 Å². The van der Waals surface area contributed by atoms with E-state index >= 15 is 0 Å². The number of nitrogens with two attached hydrogens (primary N) is 1. The standard InChI is InChI=1S/C14H18ClN3O2/c15-10-5-9(13(19)6-11(10)16)14(20)17-12-7-18-3-1-8(12)2-4-18/h5-6,8,12,19H,1-4,7,16H2,(H,17,20)/t12-/m0/s1. The number of phenols is 1. The molecule has 3 saturated heterocycles. The number of piperidine rings is 3. The molecule has 0 saturated carbocycles. The Hall–Kier alpha value is -1.46. The molecular weight excluding hydrogens is 278 g/mol. The fourth-order valence-corrected chi connectivity index (χ4v) is 3.30. The summed E-state index contributed by atoms with van der Waals surface area (Å²) in [5.41, 5.74) is 6.04. The lowest BCUT2D eigenvalue weighted by Gasteiger charge is -2.44. The van der Waals surface area contributed by atoms with Crippen LogP contribution in [0.4, 0.5) is 5.69 Å². The van der Waals surface area contributed by atoms with E-state index in [1.807, 2.05) is 0 Å². The molecule has 3 aliphatic rings. The zero-order chi connectivity index (χ0) is 14.3. The average Bonchev–Trinajstić information content (AvgIpc) is 2.44. The Labute approximate surface area is 122 Å². The predicted molar refractivity (Wildman–Crippen MR) is 77.9 cm³/mol. The first-order valence-corrected chi connectivity index (χ1v) is 7.23. The number of nitrogens with zero attached hydrogens (tertiary/aromatic N) is 1. The van der Waals surface area contributed by atoms with Gasteiger partial charge in [-0.05, 0) is 37.9 Å². The van der Waals surface area contributed by atoms with Crippen molar-refractivity contribution in [1.82, 2.24) is 10.2 Å². The molecule has 0 spiro atoms. The number of amides is 1. The molecule has 2 bridgehead atoms. The minimum absolute atomic E-state index is 0.134. The van der Waals surface area contributed by atoms with Gasteiger partial charge in [0.1, 0.15) is 5.75 Å². The Morgan fingerprint density at radius 2 is 2.10 bits per heavy atom. The van der Waals surface area contributed by atoms with Gasteiger partial charge < -0.3 is 21.1 Å². The lowest BCUT2D eigenvalue weighted by molar-refractivity contribution is 0.0619. The lowest BCUT2D eigenvalue weighted by atomic mass is 9.84. The van der Waals surface area contributed by atoms with Crippen molar-refractivity contribution >= 4 is 23.2 Å². The summed E-state index contributed by atoms with van der Waals surface area (Å²) in [7, 11) is 0. The second kappa shape index (κ2) is 5.14. The third kappa shape index (κ3) is 2.43. The van der Waals surface area contributed by atoms with Gasteiger partial charge in [-0.2, -0.15) is 0 Å². The molecule has 5 nitrogen and oxygen atoms in total. The number of anilines is 1. The van der Waals surface area contributed by atoms with E-state index in [-0.39, 0.29) is 34.0 Å². The van der Waals surface area contributed by atoms with Crippen molar-refractivity contribution in [3.8, 4) is 5.75 Å². The van der Waals surface area contributed by atoms with Crippen LogP contribution in [0.3, 0.4) is 0 Å². The van der Waals surface area contributed by atoms with Gasteiger partial charge in [-0.25, -0.2) is 0 Å². The Kier molecular flexibility index (Phi) is 3.48. The van der Waals surface area contributed by atoms with Crippen LogP contribution < -0.4 is 11.1 Å². The third-order valence-electron chi connectivity index (χ3n) is 4.33. The van der Waals surface area contributed by atoms with Crippen molar-refractivity contribution < 1.29 is 9.90 Å². The summed E-state index contributed by atoms with van der Waals surface area (Å²) in [4.78, 5) is 14.6. The molecule has 3 heterocycles. The van der Waals surface area contributed by atoms with Gasteiger partial charge in [-0.15, -0.1) is 0 Å². The molecule has 108 valence electrons. The molecule has 4 N–H and O–H groups in total. The lowest BCUT2D eigenvalue weighted by Crippen LogP contribution is -2.57. The molecule has 3 fully saturated rings. The molecule has 0 aromatic heterocycles. The zero-order valence-corrected chi connectivity index (χ0v) is 11.9. The van der Waals surface area contributed by atoms with E-state index < -0.39 is 0 Å². The van der Waals surface area contributed by atoms with E-state index in [1.165, 1.54) is 12.1 Å². The van der Waals surface area contributed by atoms with Crippen molar-refractivity contribution in [2.24, 2.45) is 5.92 Å². The largest absolute Gasteiger partial charge is 0.507 e. The SMILES string of the molecule is Nc1cc(O)c(C(=O)N[C@H]2CN3CCC2CC3)cc1Cl. The summed E-state index contributed by atoms with van der Waals surface area (Å²) in [5, 5.41) is 13.1. The van der Waals surface area contributed by atoms with Crippen LogP contribution in [0.15, 0.2) is 12.1 Å². The number of nitrogens with one attached hydrogen (secondary N) is 1. The molecule has 1 atom stereocenters. The number of carbonyl (C=O) groups excluding carboxylic acids is 1. The van der Waals surface area contributed by atoms with Crippen LogP contribution >= 0.6 is 11.6 Å². The molecule has 0 unspecified atom stereocenters. The molecule has 6 heteroatoms. The Balaban J connectivity index is 1.75. The van der Waals surface area contributed by atoms with Gasteiger partial charge in [0.05, 0.1) is 16.3 Å². The summed E-state index contributed by atoms with van der Waals surface area (Å²) in [6.07, 6.45) is 2.25. The summed E-state index contributed by atoms with van der Waals surface area (Å²) in [5.74, 6) is 0.115. The normalized spacial score (nSPS) is 28.4. The topological polar surface area (TPSA) is 78.6 Å². The average molecular weight is 296 g/mol. The summed E-state index contributed by atoms with van der Waals surface area (Å²) in [6, 6.07) is 2.89. The highest BCUT2D eigenvalue weighted by Gasteiger charge is 2.35. The van der Waals surface area contributed by atoms with E-state index in [1.54, 1.807) is 0 Å². The van der Waals surface area contributed by atoms with E-state index in [4.69, 9.17) is 17.3 Å². The van der Waals surface area contributed by atoms with Crippen LogP contribution in [0.2, 0.25) is 5.02 Å². The number of carbonyl (C=O) groups is 1. The van der Waals surface area contributed by atoms with E-state index in [0.717, 1.165) is 32.5 Å². The minimum atomic E-state index is -0.289. The van der Waals surface area contributed by atoms with Gasteiger partial charge in [0, 0.05) is 18.7 Å². The van der Waals surface area contributed by atoms with Crippen LogP contribution in [0.25, 0.3) is 0 Å². The molecule has 0 aliphatic carbocycles. The van der Waals surface area contributed by atoms with Crippen LogP contribution in [-0.2, 0) is 0 Å². The monoisotopic (exact) mass is 295 g/mol. The number of phenolic OH excluding ortho intramolecular Hbond substituents is 1.